The highest BCUT2D eigenvalue weighted by Gasteiger charge is 2.15. The number of hydrogen-bond donors (Lipinski definition) is 0. The van der Waals surface area contributed by atoms with Gasteiger partial charge in [-0.1, -0.05) is 29.5 Å². The molecule has 23 heavy (non-hydrogen) atoms. The lowest BCUT2D eigenvalue weighted by atomic mass is 10.0. The molecule has 0 aliphatic heterocycles. The van der Waals surface area contributed by atoms with Gasteiger partial charge in [-0.25, -0.2) is 9.07 Å². The zero-order valence-electron chi connectivity index (χ0n) is 13.0. The highest BCUT2D eigenvalue weighted by molar-refractivity contribution is 5.83. The minimum absolute atomic E-state index is 0.282. The first-order chi connectivity index (χ1) is 11.1. The van der Waals surface area contributed by atoms with Crippen molar-refractivity contribution in [3.8, 4) is 11.3 Å². The van der Waals surface area contributed by atoms with Gasteiger partial charge in [0.15, 0.2) is 12.0 Å². The van der Waals surface area contributed by atoms with Gasteiger partial charge in [-0.2, -0.15) is 0 Å². The average Bonchev–Trinajstić information content (AvgIpc) is 2.93. The van der Waals surface area contributed by atoms with E-state index in [2.05, 4.69) is 10.3 Å². The van der Waals surface area contributed by atoms with Gasteiger partial charge in [0.1, 0.15) is 5.82 Å². The third-order valence-corrected chi connectivity index (χ3v) is 3.87. The van der Waals surface area contributed by atoms with Crippen LogP contribution in [-0.4, -0.2) is 21.3 Å². The average molecular weight is 309 g/mol. The second kappa shape index (κ2) is 6.12. The van der Waals surface area contributed by atoms with Crippen LogP contribution in [0.4, 0.5) is 4.39 Å². The fourth-order valence-electron chi connectivity index (χ4n) is 2.51. The number of rotatable bonds is 4. The van der Waals surface area contributed by atoms with Gasteiger partial charge >= 0.3 is 0 Å². The maximum Gasteiger partial charge on any atom is 0.172 e. The van der Waals surface area contributed by atoms with E-state index in [1.807, 2.05) is 38.1 Å². The molecule has 3 aromatic rings. The molecule has 1 aromatic heterocycles. The molecule has 0 spiro atoms. The molecule has 116 valence electrons. The molecule has 0 aliphatic rings. The predicted molar refractivity (Wildman–Crippen MR) is 85.8 cm³/mol. The van der Waals surface area contributed by atoms with Crippen molar-refractivity contribution < 1.29 is 9.18 Å². The smallest absolute Gasteiger partial charge is 0.172 e. The lowest BCUT2D eigenvalue weighted by molar-refractivity contribution is 0.111. The number of hydrogen-bond acceptors (Lipinski definition) is 3. The molecule has 0 atom stereocenters. The molecule has 4 nitrogen and oxygen atoms in total. The van der Waals surface area contributed by atoms with E-state index in [0.717, 1.165) is 16.7 Å². The van der Waals surface area contributed by atoms with Crippen molar-refractivity contribution in [3.63, 3.8) is 0 Å². The van der Waals surface area contributed by atoms with Crippen LogP contribution in [0.5, 0.6) is 0 Å². The lowest BCUT2D eigenvalue weighted by Crippen LogP contribution is -2.05. The normalized spacial score (nSPS) is 10.7. The summed E-state index contributed by atoms with van der Waals surface area (Å²) in [6.45, 7) is 4.39. The van der Waals surface area contributed by atoms with E-state index >= 15 is 0 Å². The maximum atomic E-state index is 13.4. The Labute approximate surface area is 133 Å². The molecule has 0 radical (unpaired) electrons. The summed E-state index contributed by atoms with van der Waals surface area (Å²) < 4.78 is 15.0. The number of carbonyl (C=O) groups is 1. The van der Waals surface area contributed by atoms with E-state index in [1.165, 1.54) is 17.7 Å². The first-order valence-electron chi connectivity index (χ1n) is 7.29. The van der Waals surface area contributed by atoms with Crippen LogP contribution < -0.4 is 0 Å². The quantitative estimate of drug-likeness (QED) is 0.692. The van der Waals surface area contributed by atoms with Crippen LogP contribution in [0.2, 0.25) is 0 Å². The zero-order valence-corrected chi connectivity index (χ0v) is 13.0. The Morgan fingerprint density at radius 1 is 1.13 bits per heavy atom. The van der Waals surface area contributed by atoms with Gasteiger partial charge in [-0.15, -0.1) is 5.10 Å². The van der Waals surface area contributed by atoms with Crippen molar-refractivity contribution in [1.29, 1.82) is 0 Å². The van der Waals surface area contributed by atoms with Crippen molar-refractivity contribution in [2.75, 3.05) is 0 Å². The predicted octanol–water partition coefficient (Wildman–Crippen LogP) is 3.56. The second-order valence-electron chi connectivity index (χ2n) is 5.53. The molecular weight excluding hydrogens is 293 g/mol. The molecule has 0 unspecified atom stereocenters. The minimum Gasteiger partial charge on any atom is -0.296 e. The first-order valence-corrected chi connectivity index (χ1v) is 7.29. The van der Waals surface area contributed by atoms with Gasteiger partial charge in [0, 0.05) is 5.56 Å². The van der Waals surface area contributed by atoms with E-state index in [-0.39, 0.29) is 11.5 Å². The highest BCUT2D eigenvalue weighted by Crippen LogP contribution is 2.24. The van der Waals surface area contributed by atoms with Gasteiger partial charge in [0.05, 0.1) is 12.2 Å². The topological polar surface area (TPSA) is 47.8 Å². The summed E-state index contributed by atoms with van der Waals surface area (Å²) in [6.07, 6.45) is 0.694. The maximum absolute atomic E-state index is 13.4. The fraction of sp³-hybridized carbons (Fsp3) is 0.167. The molecule has 0 N–H and O–H groups in total. The Hall–Kier alpha value is -2.82. The number of nitrogens with zero attached hydrogens (tertiary/aromatic N) is 3. The number of halogens is 1. The summed E-state index contributed by atoms with van der Waals surface area (Å²) >= 11 is 0. The third kappa shape index (κ3) is 3.04. The minimum atomic E-state index is -0.300. The van der Waals surface area contributed by atoms with Gasteiger partial charge in [-0.05, 0) is 48.7 Å². The molecule has 0 saturated carbocycles. The fourth-order valence-corrected chi connectivity index (χ4v) is 2.51. The van der Waals surface area contributed by atoms with Crippen molar-refractivity contribution in [2.24, 2.45) is 0 Å². The van der Waals surface area contributed by atoms with Gasteiger partial charge < -0.3 is 0 Å². The summed E-state index contributed by atoms with van der Waals surface area (Å²) in [4.78, 5) is 11.3. The van der Waals surface area contributed by atoms with Crippen molar-refractivity contribution in [2.45, 2.75) is 20.4 Å². The van der Waals surface area contributed by atoms with Crippen LogP contribution in [0.1, 0.15) is 27.2 Å². The van der Waals surface area contributed by atoms with Crippen LogP contribution in [0.3, 0.4) is 0 Å². The number of aromatic nitrogens is 3. The van der Waals surface area contributed by atoms with E-state index in [4.69, 9.17) is 0 Å². The van der Waals surface area contributed by atoms with E-state index in [0.29, 0.717) is 18.5 Å². The van der Waals surface area contributed by atoms with E-state index < -0.39 is 0 Å². The molecule has 0 fully saturated rings. The monoisotopic (exact) mass is 309 g/mol. The van der Waals surface area contributed by atoms with Crippen LogP contribution in [0.25, 0.3) is 11.3 Å². The Morgan fingerprint density at radius 2 is 1.96 bits per heavy atom. The third-order valence-electron chi connectivity index (χ3n) is 3.87. The largest absolute Gasteiger partial charge is 0.296 e. The van der Waals surface area contributed by atoms with Gasteiger partial charge in [0.2, 0.25) is 0 Å². The second-order valence-corrected chi connectivity index (χ2v) is 5.53. The Bertz CT molecular complexity index is 870. The highest BCUT2D eigenvalue weighted by atomic mass is 19.1. The lowest BCUT2D eigenvalue weighted by Gasteiger charge is -2.09. The SMILES string of the molecule is Cc1ccc(-c2c(C=O)nnn2Cc2cccc(F)c2)cc1C. The van der Waals surface area contributed by atoms with Crippen molar-refractivity contribution in [3.05, 3.63) is 70.7 Å². The summed E-state index contributed by atoms with van der Waals surface area (Å²) in [5, 5.41) is 7.99. The molecule has 5 heteroatoms. The summed E-state index contributed by atoms with van der Waals surface area (Å²) in [5.41, 5.74) is 4.86. The summed E-state index contributed by atoms with van der Waals surface area (Å²) in [5.74, 6) is -0.300. The molecule has 0 bridgehead atoms. The number of aryl methyl sites for hydroxylation is 2. The van der Waals surface area contributed by atoms with Crippen molar-refractivity contribution >= 4 is 6.29 Å². The summed E-state index contributed by atoms with van der Waals surface area (Å²) in [6, 6.07) is 12.3. The standard InChI is InChI=1S/C18H16FN3O/c1-12-6-7-15(8-13(12)2)18-17(11-23)20-21-22(18)10-14-4-3-5-16(19)9-14/h3-9,11H,10H2,1-2H3. The Balaban J connectivity index is 2.06. The molecule has 0 amide bonds. The molecule has 1 heterocycles. The molecule has 0 aliphatic carbocycles. The number of benzene rings is 2. The molecule has 0 saturated heterocycles. The Kier molecular flexibility index (Phi) is 4.02. The van der Waals surface area contributed by atoms with Crippen LogP contribution >= 0.6 is 0 Å². The Morgan fingerprint density at radius 3 is 2.65 bits per heavy atom. The summed E-state index contributed by atoms with van der Waals surface area (Å²) in [7, 11) is 0. The van der Waals surface area contributed by atoms with E-state index in [1.54, 1.807) is 10.7 Å². The van der Waals surface area contributed by atoms with Crippen LogP contribution in [-0.2, 0) is 6.54 Å². The molecule has 2 aromatic carbocycles. The van der Waals surface area contributed by atoms with Gasteiger partial charge in [-0.3, -0.25) is 4.79 Å². The van der Waals surface area contributed by atoms with Crippen molar-refractivity contribution in [1.82, 2.24) is 15.0 Å². The number of aldehydes is 1. The number of carbonyl (C=O) groups excluding carboxylic acids is 1. The molecular formula is C18H16FN3O. The first kappa shape index (κ1) is 15.1. The van der Waals surface area contributed by atoms with Gasteiger partial charge in [0.25, 0.3) is 0 Å². The zero-order chi connectivity index (χ0) is 16.4. The van der Waals surface area contributed by atoms with E-state index in [9.17, 15) is 9.18 Å². The van der Waals surface area contributed by atoms with Crippen LogP contribution in [0.15, 0.2) is 42.5 Å². The molecule has 3 rings (SSSR count). The van der Waals surface area contributed by atoms with Crippen LogP contribution in [0, 0.1) is 19.7 Å².